The number of nitrogens with zero attached hydrogens (tertiary/aromatic N) is 2. The van der Waals surface area contributed by atoms with E-state index >= 15 is 0 Å². The second-order valence-corrected chi connectivity index (χ2v) is 7.39. The van der Waals surface area contributed by atoms with Gasteiger partial charge in [-0.25, -0.2) is 0 Å². The molecule has 0 saturated heterocycles. The van der Waals surface area contributed by atoms with Gasteiger partial charge in [0.15, 0.2) is 0 Å². The van der Waals surface area contributed by atoms with Crippen molar-refractivity contribution in [3.05, 3.63) is 29.8 Å². The number of aromatic nitrogens is 2. The first-order valence-corrected chi connectivity index (χ1v) is 9.43. The second-order valence-electron chi connectivity index (χ2n) is 6.47. The minimum absolute atomic E-state index is 0.0362. The van der Waals surface area contributed by atoms with Gasteiger partial charge in [0.2, 0.25) is 11.8 Å². The average molecular weight is 345 g/mol. The fraction of sp³-hybridized carbons (Fsp3) is 0.500. The van der Waals surface area contributed by atoms with Gasteiger partial charge >= 0.3 is 0 Å². The maximum atomic E-state index is 12.1. The Kier molecular flexibility index (Phi) is 5.56. The molecule has 1 amide bonds. The number of rotatable bonds is 5. The predicted molar refractivity (Wildman–Crippen MR) is 94.8 cm³/mol. The molecule has 0 aliphatic heterocycles. The molecule has 2 unspecified atom stereocenters. The highest BCUT2D eigenvalue weighted by molar-refractivity contribution is 7.99. The maximum Gasteiger partial charge on any atom is 0.277 e. The molecule has 1 aromatic heterocycles. The van der Waals surface area contributed by atoms with Crippen molar-refractivity contribution in [3.8, 4) is 11.5 Å². The van der Waals surface area contributed by atoms with Gasteiger partial charge in [0.05, 0.1) is 5.75 Å². The molecular weight excluding hydrogens is 322 g/mol. The van der Waals surface area contributed by atoms with Crippen LogP contribution in [0.5, 0.6) is 0 Å². The minimum atomic E-state index is 0.0362. The van der Waals surface area contributed by atoms with E-state index in [-0.39, 0.29) is 5.91 Å². The zero-order valence-corrected chi connectivity index (χ0v) is 14.9. The number of amides is 1. The van der Waals surface area contributed by atoms with Crippen molar-refractivity contribution in [2.75, 3.05) is 5.75 Å². The summed E-state index contributed by atoms with van der Waals surface area (Å²) in [6, 6.07) is 8.22. The van der Waals surface area contributed by atoms with E-state index in [1.807, 2.05) is 31.2 Å². The molecule has 0 radical (unpaired) electrons. The Balaban J connectivity index is 1.52. The molecule has 1 N–H and O–H groups in total. The summed E-state index contributed by atoms with van der Waals surface area (Å²) in [6.45, 7) is 4.23. The Bertz CT molecular complexity index is 701. The fourth-order valence-corrected chi connectivity index (χ4v) is 3.64. The molecule has 2 aromatic rings. The number of hydrogen-bond acceptors (Lipinski definition) is 5. The smallest absolute Gasteiger partial charge is 0.277 e. The lowest BCUT2D eigenvalue weighted by Gasteiger charge is -2.29. The summed E-state index contributed by atoms with van der Waals surface area (Å²) in [5, 5.41) is 11.7. The molecular formula is C18H23N3O2S. The number of thioether (sulfide) groups is 1. The van der Waals surface area contributed by atoms with Crippen LogP contribution in [-0.4, -0.2) is 27.9 Å². The van der Waals surface area contributed by atoms with Crippen LogP contribution in [0.4, 0.5) is 0 Å². The zero-order chi connectivity index (χ0) is 16.9. The summed E-state index contributed by atoms with van der Waals surface area (Å²) in [5.41, 5.74) is 2.04. The molecule has 2 atom stereocenters. The summed E-state index contributed by atoms with van der Waals surface area (Å²) < 4.78 is 5.65. The van der Waals surface area contributed by atoms with Gasteiger partial charge in [-0.3, -0.25) is 4.79 Å². The van der Waals surface area contributed by atoms with Gasteiger partial charge in [-0.2, -0.15) is 0 Å². The van der Waals surface area contributed by atoms with Gasteiger partial charge in [0.25, 0.3) is 5.22 Å². The van der Waals surface area contributed by atoms with E-state index in [4.69, 9.17) is 4.42 Å². The molecule has 5 nitrogen and oxygen atoms in total. The van der Waals surface area contributed by atoms with E-state index in [0.717, 1.165) is 17.5 Å². The van der Waals surface area contributed by atoms with Crippen LogP contribution in [0.3, 0.4) is 0 Å². The summed E-state index contributed by atoms with van der Waals surface area (Å²) in [4.78, 5) is 12.1. The number of benzene rings is 1. The minimum Gasteiger partial charge on any atom is -0.411 e. The molecule has 1 saturated carbocycles. The second kappa shape index (κ2) is 7.83. The van der Waals surface area contributed by atoms with E-state index in [0.29, 0.717) is 28.8 Å². The summed E-state index contributed by atoms with van der Waals surface area (Å²) in [5.74, 6) is 1.39. The fourth-order valence-electron chi connectivity index (χ4n) is 3.07. The quantitative estimate of drug-likeness (QED) is 0.834. The standard InChI is InChI=1S/C18H23N3O2S/c1-12-6-5-8-14(10-12)17-20-21-18(23-17)24-11-16(22)19-15-9-4-3-7-13(15)2/h5-6,8,10,13,15H,3-4,7,9,11H2,1-2H3,(H,19,22). The lowest BCUT2D eigenvalue weighted by Crippen LogP contribution is -2.41. The van der Waals surface area contributed by atoms with E-state index in [9.17, 15) is 4.79 Å². The highest BCUT2D eigenvalue weighted by Crippen LogP contribution is 2.25. The van der Waals surface area contributed by atoms with Gasteiger partial charge in [-0.05, 0) is 37.8 Å². The first kappa shape index (κ1) is 17.0. The first-order chi connectivity index (χ1) is 11.6. The van der Waals surface area contributed by atoms with Crippen LogP contribution in [0.1, 0.15) is 38.2 Å². The van der Waals surface area contributed by atoms with E-state index in [2.05, 4.69) is 22.4 Å². The third kappa shape index (κ3) is 4.38. The summed E-state index contributed by atoms with van der Waals surface area (Å²) in [6.07, 6.45) is 4.75. The average Bonchev–Trinajstić information content (AvgIpc) is 3.04. The highest BCUT2D eigenvalue weighted by Gasteiger charge is 2.23. The molecule has 3 rings (SSSR count). The van der Waals surface area contributed by atoms with Gasteiger partial charge in [0, 0.05) is 11.6 Å². The number of hydrogen-bond donors (Lipinski definition) is 1. The first-order valence-electron chi connectivity index (χ1n) is 8.44. The van der Waals surface area contributed by atoms with Crippen LogP contribution in [0.15, 0.2) is 33.9 Å². The maximum absolute atomic E-state index is 12.1. The summed E-state index contributed by atoms with van der Waals surface area (Å²) >= 11 is 1.29. The van der Waals surface area contributed by atoms with E-state index in [1.54, 1.807) is 0 Å². The Morgan fingerprint density at radius 3 is 2.96 bits per heavy atom. The third-order valence-corrected chi connectivity index (χ3v) is 5.27. The van der Waals surface area contributed by atoms with Crippen LogP contribution in [-0.2, 0) is 4.79 Å². The monoisotopic (exact) mass is 345 g/mol. The molecule has 24 heavy (non-hydrogen) atoms. The Morgan fingerprint density at radius 2 is 2.17 bits per heavy atom. The molecule has 0 bridgehead atoms. The van der Waals surface area contributed by atoms with Crippen molar-refractivity contribution < 1.29 is 9.21 Å². The van der Waals surface area contributed by atoms with E-state index < -0.39 is 0 Å². The third-order valence-electron chi connectivity index (χ3n) is 4.46. The molecule has 1 heterocycles. The van der Waals surface area contributed by atoms with Crippen molar-refractivity contribution in [1.29, 1.82) is 0 Å². The van der Waals surface area contributed by atoms with Crippen molar-refractivity contribution in [2.45, 2.75) is 50.8 Å². The van der Waals surface area contributed by atoms with Crippen LogP contribution in [0.25, 0.3) is 11.5 Å². The molecule has 128 valence electrons. The topological polar surface area (TPSA) is 68.0 Å². The van der Waals surface area contributed by atoms with Crippen molar-refractivity contribution in [1.82, 2.24) is 15.5 Å². The lowest BCUT2D eigenvalue weighted by molar-refractivity contribution is -0.119. The van der Waals surface area contributed by atoms with Crippen LogP contribution >= 0.6 is 11.8 Å². The largest absolute Gasteiger partial charge is 0.411 e. The predicted octanol–water partition coefficient (Wildman–Crippen LogP) is 3.83. The Labute approximate surface area is 146 Å². The molecule has 0 spiro atoms. The molecule has 1 aliphatic rings. The van der Waals surface area contributed by atoms with Gasteiger partial charge in [0.1, 0.15) is 0 Å². The molecule has 1 aromatic carbocycles. The number of carbonyl (C=O) groups excluding carboxylic acids is 1. The Morgan fingerprint density at radius 1 is 1.33 bits per heavy atom. The van der Waals surface area contributed by atoms with Crippen LogP contribution in [0.2, 0.25) is 0 Å². The SMILES string of the molecule is Cc1cccc(-c2nnc(SCC(=O)NC3CCCCC3C)o2)c1. The molecule has 6 heteroatoms. The molecule has 1 aliphatic carbocycles. The van der Waals surface area contributed by atoms with Crippen LogP contribution < -0.4 is 5.32 Å². The number of aryl methyl sites for hydroxylation is 1. The Hall–Kier alpha value is -1.82. The van der Waals surface area contributed by atoms with E-state index in [1.165, 1.54) is 31.0 Å². The van der Waals surface area contributed by atoms with Gasteiger partial charge in [-0.15, -0.1) is 10.2 Å². The normalized spacial score (nSPS) is 20.8. The number of nitrogens with one attached hydrogen (secondary N) is 1. The van der Waals surface area contributed by atoms with Crippen molar-refractivity contribution >= 4 is 17.7 Å². The number of carbonyl (C=O) groups is 1. The molecule has 1 fully saturated rings. The lowest BCUT2D eigenvalue weighted by atomic mass is 9.86. The zero-order valence-electron chi connectivity index (χ0n) is 14.1. The summed E-state index contributed by atoms with van der Waals surface area (Å²) in [7, 11) is 0. The van der Waals surface area contributed by atoms with Gasteiger partial charge < -0.3 is 9.73 Å². The van der Waals surface area contributed by atoms with Crippen LogP contribution in [0, 0.1) is 12.8 Å². The van der Waals surface area contributed by atoms with Crippen molar-refractivity contribution in [2.24, 2.45) is 5.92 Å². The van der Waals surface area contributed by atoms with Crippen molar-refractivity contribution in [3.63, 3.8) is 0 Å². The highest BCUT2D eigenvalue weighted by atomic mass is 32.2. The van der Waals surface area contributed by atoms with Gasteiger partial charge in [-0.1, -0.05) is 49.2 Å².